The van der Waals surface area contributed by atoms with Gasteiger partial charge in [-0.1, -0.05) is 6.92 Å². The second kappa shape index (κ2) is 6.47. The van der Waals surface area contributed by atoms with Crippen molar-refractivity contribution in [3.63, 3.8) is 0 Å². The van der Waals surface area contributed by atoms with Crippen LogP contribution in [0.5, 0.6) is 0 Å². The van der Waals surface area contributed by atoms with Gasteiger partial charge in [0.1, 0.15) is 23.2 Å². The van der Waals surface area contributed by atoms with Crippen molar-refractivity contribution >= 4 is 17.6 Å². The van der Waals surface area contributed by atoms with Crippen LogP contribution in [0, 0.1) is 13.8 Å². The summed E-state index contributed by atoms with van der Waals surface area (Å²) < 4.78 is 5.56. The average molecular weight is 289 g/mol. The van der Waals surface area contributed by atoms with Crippen LogP contribution in [0.25, 0.3) is 0 Å². The number of aromatic nitrogens is 2. The van der Waals surface area contributed by atoms with E-state index in [0.717, 1.165) is 35.9 Å². The molecule has 0 radical (unpaired) electrons. The lowest BCUT2D eigenvalue weighted by molar-refractivity contribution is 0.500. The normalized spacial score (nSPS) is 12.2. The van der Waals surface area contributed by atoms with E-state index in [-0.39, 0.29) is 12.0 Å². The van der Waals surface area contributed by atoms with E-state index in [9.17, 15) is 0 Å². The number of aryl methyl sites for hydroxylation is 2. The number of rotatable bonds is 6. The van der Waals surface area contributed by atoms with Crippen molar-refractivity contribution in [3.8, 4) is 0 Å². The number of hydrogen-bond acceptors (Lipinski definition) is 6. The number of nitrogens with zero attached hydrogens (tertiary/aromatic N) is 2. The molecule has 0 aliphatic rings. The van der Waals surface area contributed by atoms with E-state index >= 15 is 0 Å². The summed E-state index contributed by atoms with van der Waals surface area (Å²) in [6.07, 6.45) is 1.02. The van der Waals surface area contributed by atoms with Crippen molar-refractivity contribution < 1.29 is 4.42 Å². The summed E-state index contributed by atoms with van der Waals surface area (Å²) in [5.41, 5.74) is 6.88. The van der Waals surface area contributed by atoms with Crippen LogP contribution in [0.4, 0.5) is 17.6 Å². The number of nitrogens with two attached hydrogens (primary N) is 1. The van der Waals surface area contributed by atoms with Crippen LogP contribution in [-0.4, -0.2) is 16.5 Å². The molecule has 6 heteroatoms. The van der Waals surface area contributed by atoms with Gasteiger partial charge >= 0.3 is 0 Å². The third-order valence-corrected chi connectivity index (χ3v) is 3.21. The van der Waals surface area contributed by atoms with Gasteiger partial charge in [-0.25, -0.2) is 0 Å². The van der Waals surface area contributed by atoms with Gasteiger partial charge in [-0.3, -0.25) is 0 Å². The first-order valence-corrected chi connectivity index (χ1v) is 7.21. The molecule has 6 nitrogen and oxygen atoms in total. The molecule has 0 amide bonds. The maximum atomic E-state index is 5.76. The fourth-order valence-electron chi connectivity index (χ4n) is 2.26. The Balaban J connectivity index is 2.14. The van der Waals surface area contributed by atoms with E-state index in [4.69, 9.17) is 10.2 Å². The molecule has 1 atom stereocenters. The molecule has 4 N–H and O–H groups in total. The highest BCUT2D eigenvalue weighted by molar-refractivity contribution is 5.52. The van der Waals surface area contributed by atoms with Crippen LogP contribution in [0.1, 0.15) is 43.4 Å². The van der Waals surface area contributed by atoms with Crippen molar-refractivity contribution in [2.75, 3.05) is 22.9 Å². The van der Waals surface area contributed by atoms with E-state index in [1.807, 2.05) is 26.0 Å². The molecule has 21 heavy (non-hydrogen) atoms. The lowest BCUT2D eigenvalue weighted by Crippen LogP contribution is -2.11. The van der Waals surface area contributed by atoms with Crippen LogP contribution < -0.4 is 16.4 Å². The first-order valence-electron chi connectivity index (χ1n) is 7.21. The average Bonchev–Trinajstić information content (AvgIpc) is 2.75. The van der Waals surface area contributed by atoms with E-state index in [2.05, 4.69) is 34.4 Å². The van der Waals surface area contributed by atoms with Gasteiger partial charge in [0, 0.05) is 18.2 Å². The molecule has 2 heterocycles. The Morgan fingerprint density at radius 1 is 1.24 bits per heavy atom. The van der Waals surface area contributed by atoms with Crippen LogP contribution in [0.2, 0.25) is 0 Å². The van der Waals surface area contributed by atoms with Crippen molar-refractivity contribution in [2.24, 2.45) is 0 Å². The predicted molar refractivity (Wildman–Crippen MR) is 85.4 cm³/mol. The zero-order valence-corrected chi connectivity index (χ0v) is 13.0. The summed E-state index contributed by atoms with van der Waals surface area (Å²) in [6.45, 7) is 8.92. The lowest BCUT2D eigenvalue weighted by atomic mass is 10.1. The topological polar surface area (TPSA) is 89.0 Å². The van der Waals surface area contributed by atoms with Crippen LogP contribution in [-0.2, 0) is 0 Å². The molecule has 2 aromatic heterocycles. The van der Waals surface area contributed by atoms with Gasteiger partial charge in [0.25, 0.3) is 0 Å². The monoisotopic (exact) mass is 289 g/mol. The number of furan rings is 1. The van der Waals surface area contributed by atoms with Gasteiger partial charge in [0.2, 0.25) is 5.95 Å². The quantitative estimate of drug-likeness (QED) is 0.756. The molecule has 0 aliphatic carbocycles. The molecule has 0 aliphatic heterocycles. The van der Waals surface area contributed by atoms with Gasteiger partial charge in [0.15, 0.2) is 0 Å². The van der Waals surface area contributed by atoms with Gasteiger partial charge in [-0.15, -0.1) is 0 Å². The standard InChI is InChI=1S/C15H23N5O/c1-5-6-17-13-8-14(20-15(16)19-13)18-10(3)12-7-9(2)21-11(12)4/h7-8,10H,5-6H2,1-4H3,(H4,16,17,18,19,20). The van der Waals surface area contributed by atoms with Gasteiger partial charge in [0.05, 0.1) is 6.04 Å². The van der Waals surface area contributed by atoms with E-state index in [0.29, 0.717) is 5.82 Å². The molecule has 1 unspecified atom stereocenters. The van der Waals surface area contributed by atoms with E-state index in [1.165, 1.54) is 0 Å². The minimum Gasteiger partial charge on any atom is -0.466 e. The molecule has 0 fully saturated rings. The fraction of sp³-hybridized carbons (Fsp3) is 0.467. The van der Waals surface area contributed by atoms with Crippen LogP contribution in [0.15, 0.2) is 16.5 Å². The van der Waals surface area contributed by atoms with E-state index < -0.39 is 0 Å². The molecule has 2 rings (SSSR count). The third-order valence-electron chi connectivity index (χ3n) is 3.21. The zero-order chi connectivity index (χ0) is 15.4. The summed E-state index contributed by atoms with van der Waals surface area (Å²) in [5, 5.41) is 6.55. The maximum Gasteiger partial charge on any atom is 0.223 e. The third kappa shape index (κ3) is 3.87. The number of hydrogen-bond donors (Lipinski definition) is 3. The fourth-order valence-corrected chi connectivity index (χ4v) is 2.26. The maximum absolute atomic E-state index is 5.76. The number of anilines is 3. The Bertz CT molecular complexity index is 608. The highest BCUT2D eigenvalue weighted by atomic mass is 16.3. The predicted octanol–water partition coefficient (Wildman–Crippen LogP) is 3.26. The Kier molecular flexibility index (Phi) is 4.67. The Morgan fingerprint density at radius 2 is 1.95 bits per heavy atom. The molecule has 0 saturated heterocycles. The second-order valence-electron chi connectivity index (χ2n) is 5.16. The van der Waals surface area contributed by atoms with Gasteiger partial charge in [-0.05, 0) is 33.3 Å². The van der Waals surface area contributed by atoms with Crippen molar-refractivity contribution in [3.05, 3.63) is 29.2 Å². The lowest BCUT2D eigenvalue weighted by Gasteiger charge is -2.15. The molecular formula is C15H23N5O. The highest BCUT2D eigenvalue weighted by Gasteiger charge is 2.13. The summed E-state index contributed by atoms with van der Waals surface area (Å²) in [6, 6.07) is 3.98. The first-order chi connectivity index (χ1) is 9.99. The van der Waals surface area contributed by atoms with Gasteiger partial charge in [-0.2, -0.15) is 9.97 Å². The Labute approximate surface area is 125 Å². The highest BCUT2D eigenvalue weighted by Crippen LogP contribution is 2.25. The van der Waals surface area contributed by atoms with Gasteiger partial charge < -0.3 is 20.8 Å². The number of nitrogens with one attached hydrogen (secondary N) is 2. The summed E-state index contributed by atoms with van der Waals surface area (Å²) >= 11 is 0. The molecular weight excluding hydrogens is 266 g/mol. The molecule has 2 aromatic rings. The minimum absolute atomic E-state index is 0.0794. The largest absolute Gasteiger partial charge is 0.466 e. The van der Waals surface area contributed by atoms with E-state index in [1.54, 1.807) is 0 Å². The molecule has 0 aromatic carbocycles. The minimum atomic E-state index is 0.0794. The zero-order valence-electron chi connectivity index (χ0n) is 13.0. The summed E-state index contributed by atoms with van der Waals surface area (Å²) in [5.74, 6) is 3.51. The number of nitrogen functional groups attached to an aromatic ring is 1. The van der Waals surface area contributed by atoms with Crippen molar-refractivity contribution in [2.45, 2.75) is 40.2 Å². The van der Waals surface area contributed by atoms with Crippen LogP contribution >= 0.6 is 0 Å². The Morgan fingerprint density at radius 3 is 2.57 bits per heavy atom. The molecule has 114 valence electrons. The summed E-state index contributed by atoms with van der Waals surface area (Å²) in [4.78, 5) is 8.40. The van der Waals surface area contributed by atoms with Crippen molar-refractivity contribution in [1.82, 2.24) is 9.97 Å². The Hall–Kier alpha value is -2.24. The first kappa shape index (κ1) is 15.2. The SMILES string of the molecule is CCCNc1cc(NC(C)c2cc(C)oc2C)nc(N)n1. The molecule has 0 spiro atoms. The molecule has 0 bridgehead atoms. The van der Waals surface area contributed by atoms with Crippen LogP contribution in [0.3, 0.4) is 0 Å². The summed E-state index contributed by atoms with van der Waals surface area (Å²) in [7, 11) is 0. The van der Waals surface area contributed by atoms with Crippen molar-refractivity contribution in [1.29, 1.82) is 0 Å². The smallest absolute Gasteiger partial charge is 0.223 e. The second-order valence-corrected chi connectivity index (χ2v) is 5.16. The molecule has 0 saturated carbocycles.